The number of pyridine rings is 1. The Kier molecular flexibility index (Phi) is 4.86. The highest BCUT2D eigenvalue weighted by molar-refractivity contribution is 7.98. The number of nitrogens with two attached hydrogens (primary N) is 1. The van der Waals surface area contributed by atoms with Crippen molar-refractivity contribution in [1.29, 1.82) is 5.26 Å². The summed E-state index contributed by atoms with van der Waals surface area (Å²) in [6.07, 6.45) is 1.43. The van der Waals surface area contributed by atoms with E-state index in [1.807, 2.05) is 6.07 Å². The Morgan fingerprint density at radius 2 is 2.30 bits per heavy atom. The van der Waals surface area contributed by atoms with E-state index < -0.39 is 23.7 Å². The number of esters is 1. The average molecular weight is 334 g/mol. The number of carbonyl (C=O) groups excluding carboxylic acids is 3. The third-order valence-corrected chi connectivity index (χ3v) is 3.94. The number of imide groups is 1. The summed E-state index contributed by atoms with van der Waals surface area (Å²) in [5, 5.41) is 9.38. The van der Waals surface area contributed by atoms with Gasteiger partial charge >= 0.3 is 5.97 Å². The highest BCUT2D eigenvalue weighted by Crippen LogP contribution is 2.31. The number of amides is 2. The van der Waals surface area contributed by atoms with Gasteiger partial charge in [0.05, 0.1) is 12.3 Å². The van der Waals surface area contributed by atoms with Crippen LogP contribution in [0.1, 0.15) is 18.9 Å². The van der Waals surface area contributed by atoms with E-state index in [-0.39, 0.29) is 30.1 Å². The maximum absolute atomic E-state index is 12.3. The Labute approximate surface area is 136 Å². The van der Waals surface area contributed by atoms with Crippen molar-refractivity contribution in [2.24, 2.45) is 5.92 Å². The Morgan fingerprint density at radius 1 is 1.61 bits per heavy atom. The Balaban J connectivity index is 2.41. The molecule has 8 nitrogen and oxygen atoms in total. The summed E-state index contributed by atoms with van der Waals surface area (Å²) in [5.74, 6) is -3.15. The summed E-state index contributed by atoms with van der Waals surface area (Å²) in [4.78, 5) is 41.2. The molecule has 2 amide bonds. The second kappa shape index (κ2) is 6.66. The first kappa shape index (κ1) is 16.8. The van der Waals surface area contributed by atoms with Crippen molar-refractivity contribution < 1.29 is 19.1 Å². The molecular weight excluding hydrogens is 320 g/mol. The van der Waals surface area contributed by atoms with E-state index >= 15 is 0 Å². The number of nitrogen functional groups attached to an aromatic ring is 1. The lowest BCUT2D eigenvalue weighted by Gasteiger charge is -2.16. The van der Waals surface area contributed by atoms with Gasteiger partial charge in [0, 0.05) is 12.5 Å². The molecule has 9 heteroatoms. The molecule has 0 saturated carbocycles. The molecule has 1 aliphatic rings. The third kappa shape index (κ3) is 2.98. The van der Waals surface area contributed by atoms with Crippen LogP contribution in [0.2, 0.25) is 0 Å². The minimum atomic E-state index is -1.17. The van der Waals surface area contributed by atoms with Gasteiger partial charge in [-0.25, -0.2) is 9.88 Å². The molecule has 120 valence electrons. The fourth-order valence-corrected chi connectivity index (χ4v) is 2.75. The summed E-state index contributed by atoms with van der Waals surface area (Å²) in [5.41, 5.74) is 6.09. The predicted octanol–water partition coefficient (Wildman–Crippen LogP) is 0.700. The van der Waals surface area contributed by atoms with Gasteiger partial charge in [0.25, 0.3) is 0 Å². The third-order valence-electron chi connectivity index (χ3n) is 3.26. The highest BCUT2D eigenvalue weighted by Gasteiger charge is 2.45. The van der Waals surface area contributed by atoms with E-state index in [9.17, 15) is 14.4 Å². The first-order chi connectivity index (χ1) is 10.9. The van der Waals surface area contributed by atoms with Crippen LogP contribution in [0.5, 0.6) is 0 Å². The zero-order chi connectivity index (χ0) is 17.1. The van der Waals surface area contributed by atoms with Gasteiger partial charge in [0.15, 0.2) is 0 Å². The number of hydrogen-bond donors (Lipinski definition) is 1. The summed E-state index contributed by atoms with van der Waals surface area (Å²) >= 11 is 1.17. The molecule has 2 rings (SSSR count). The van der Waals surface area contributed by atoms with Gasteiger partial charge in [-0.15, -0.1) is 11.8 Å². The molecule has 1 aromatic rings. The molecule has 2 N–H and O–H groups in total. The molecule has 0 bridgehead atoms. The zero-order valence-corrected chi connectivity index (χ0v) is 13.3. The zero-order valence-electron chi connectivity index (χ0n) is 12.5. The number of rotatable bonds is 4. The Bertz CT molecular complexity index is 728. The minimum Gasteiger partial charge on any atom is -0.465 e. The molecule has 1 aromatic heterocycles. The van der Waals surface area contributed by atoms with E-state index in [0.29, 0.717) is 5.03 Å². The molecule has 0 spiro atoms. The average Bonchev–Trinajstić information content (AvgIpc) is 2.81. The minimum absolute atomic E-state index is 0.00708. The number of anilines is 2. The maximum Gasteiger partial charge on any atom is 0.319 e. The van der Waals surface area contributed by atoms with Crippen molar-refractivity contribution in [2.75, 3.05) is 23.5 Å². The van der Waals surface area contributed by atoms with Gasteiger partial charge < -0.3 is 10.5 Å². The molecule has 1 fully saturated rings. The van der Waals surface area contributed by atoms with Crippen LogP contribution in [0.25, 0.3) is 0 Å². The summed E-state index contributed by atoms with van der Waals surface area (Å²) < 4.78 is 4.80. The first-order valence-electron chi connectivity index (χ1n) is 6.72. The highest BCUT2D eigenvalue weighted by atomic mass is 32.2. The predicted molar refractivity (Wildman–Crippen MR) is 82.4 cm³/mol. The van der Waals surface area contributed by atoms with Gasteiger partial charge in [-0.05, 0) is 13.2 Å². The van der Waals surface area contributed by atoms with E-state index in [2.05, 4.69) is 4.98 Å². The van der Waals surface area contributed by atoms with Crippen LogP contribution >= 0.6 is 11.8 Å². The lowest BCUT2D eigenvalue weighted by atomic mass is 10.1. The van der Waals surface area contributed by atoms with Gasteiger partial charge in [-0.1, -0.05) is 0 Å². The summed E-state index contributed by atoms with van der Waals surface area (Å²) in [6, 6.07) is 3.21. The van der Waals surface area contributed by atoms with Crippen molar-refractivity contribution in [1.82, 2.24) is 4.98 Å². The summed E-state index contributed by atoms with van der Waals surface area (Å²) in [6.45, 7) is 1.74. The van der Waals surface area contributed by atoms with E-state index in [1.165, 1.54) is 17.8 Å². The monoisotopic (exact) mass is 334 g/mol. The number of nitrogens with zero attached hydrogens (tertiary/aromatic N) is 3. The molecule has 2 heterocycles. The number of aromatic nitrogens is 1. The van der Waals surface area contributed by atoms with Crippen molar-refractivity contribution in [2.45, 2.75) is 18.4 Å². The van der Waals surface area contributed by atoms with E-state index in [1.54, 1.807) is 13.2 Å². The second-order valence-corrected chi connectivity index (χ2v) is 5.44. The van der Waals surface area contributed by atoms with E-state index in [4.69, 9.17) is 15.7 Å². The molecule has 1 saturated heterocycles. The fourth-order valence-electron chi connectivity index (χ4n) is 2.20. The van der Waals surface area contributed by atoms with Crippen molar-refractivity contribution in [3.05, 3.63) is 11.6 Å². The number of nitriles is 1. The standard InChI is InChI=1S/C14H14N4O4S/c1-3-22-14(21)7-4-11(19)18(13(7)20)10-5-9(16)8(6-15)12(17-10)23-2/h5,7H,3-4H2,1-2H3,(H2,16,17). The molecule has 0 radical (unpaired) electrons. The SMILES string of the molecule is CCOC(=O)C1CC(=O)N(c2cc(N)c(C#N)c(SC)n2)C1=O. The van der Waals surface area contributed by atoms with Gasteiger partial charge in [-0.2, -0.15) is 5.26 Å². The smallest absolute Gasteiger partial charge is 0.319 e. The largest absolute Gasteiger partial charge is 0.465 e. The van der Waals surface area contributed by atoms with Crippen LogP contribution in [-0.4, -0.2) is 35.6 Å². The van der Waals surface area contributed by atoms with Crippen molar-refractivity contribution >= 4 is 41.1 Å². The van der Waals surface area contributed by atoms with Crippen LogP contribution < -0.4 is 10.6 Å². The second-order valence-electron chi connectivity index (χ2n) is 4.64. The molecule has 23 heavy (non-hydrogen) atoms. The molecule has 1 atom stereocenters. The Hall–Kier alpha value is -2.60. The van der Waals surface area contributed by atoms with E-state index in [0.717, 1.165) is 4.90 Å². The van der Waals surface area contributed by atoms with Gasteiger partial charge in [0.1, 0.15) is 28.4 Å². The topological polar surface area (TPSA) is 126 Å². The summed E-state index contributed by atoms with van der Waals surface area (Å²) in [7, 11) is 0. The molecular formula is C14H14N4O4S. The van der Waals surface area contributed by atoms with Crippen LogP contribution in [0.15, 0.2) is 11.1 Å². The lowest BCUT2D eigenvalue weighted by Crippen LogP contribution is -2.33. The molecule has 1 aliphatic heterocycles. The normalized spacial score (nSPS) is 17.3. The number of thioether (sulfide) groups is 1. The fraction of sp³-hybridized carbons (Fsp3) is 0.357. The van der Waals surface area contributed by atoms with Crippen LogP contribution in [-0.2, 0) is 19.1 Å². The van der Waals surface area contributed by atoms with Crippen LogP contribution in [0, 0.1) is 17.2 Å². The number of carbonyl (C=O) groups is 3. The number of ether oxygens (including phenoxy) is 1. The lowest BCUT2D eigenvalue weighted by molar-refractivity contribution is -0.150. The van der Waals surface area contributed by atoms with Crippen LogP contribution in [0.3, 0.4) is 0 Å². The molecule has 0 aliphatic carbocycles. The van der Waals surface area contributed by atoms with Crippen LogP contribution in [0.4, 0.5) is 11.5 Å². The maximum atomic E-state index is 12.3. The van der Waals surface area contributed by atoms with Crippen molar-refractivity contribution in [3.8, 4) is 6.07 Å². The van der Waals surface area contributed by atoms with Gasteiger partial charge in [-0.3, -0.25) is 14.4 Å². The molecule has 0 aromatic carbocycles. The van der Waals surface area contributed by atoms with Crippen molar-refractivity contribution in [3.63, 3.8) is 0 Å². The Morgan fingerprint density at radius 3 is 2.87 bits per heavy atom. The quantitative estimate of drug-likeness (QED) is 0.369. The number of hydrogen-bond acceptors (Lipinski definition) is 8. The van der Waals surface area contributed by atoms with Gasteiger partial charge in [0.2, 0.25) is 11.8 Å². The molecule has 1 unspecified atom stereocenters. The first-order valence-corrected chi connectivity index (χ1v) is 7.95.